The minimum Gasteiger partial charge on any atom is -0.384 e. The fourth-order valence-electron chi connectivity index (χ4n) is 3.08. The van der Waals surface area contributed by atoms with E-state index < -0.39 is 0 Å². The van der Waals surface area contributed by atoms with E-state index in [0.29, 0.717) is 11.8 Å². The first kappa shape index (κ1) is 15.7. The Morgan fingerprint density at radius 2 is 2.05 bits per heavy atom. The standard InChI is InChI=1S/C16H29N3S/c1-4-20-10-9-14-15(17)19(11-12(2)3)16(18-14)13-7-5-6-8-13/h12-13H,4-11,17H2,1-3H3. The molecule has 4 heteroatoms. The Morgan fingerprint density at radius 1 is 1.35 bits per heavy atom. The van der Waals surface area contributed by atoms with E-state index in [-0.39, 0.29) is 0 Å². The van der Waals surface area contributed by atoms with Gasteiger partial charge < -0.3 is 10.3 Å². The van der Waals surface area contributed by atoms with Crippen molar-refractivity contribution >= 4 is 17.6 Å². The van der Waals surface area contributed by atoms with Crippen molar-refractivity contribution in [3.05, 3.63) is 11.5 Å². The Kier molecular flexibility index (Phi) is 5.82. The Labute approximate surface area is 127 Å². The van der Waals surface area contributed by atoms with Crippen LogP contribution in [-0.4, -0.2) is 21.1 Å². The van der Waals surface area contributed by atoms with Crippen LogP contribution in [0.5, 0.6) is 0 Å². The topological polar surface area (TPSA) is 43.8 Å². The molecule has 0 saturated heterocycles. The molecule has 1 aliphatic rings. The van der Waals surface area contributed by atoms with Gasteiger partial charge in [-0.3, -0.25) is 0 Å². The Morgan fingerprint density at radius 3 is 2.65 bits per heavy atom. The van der Waals surface area contributed by atoms with Gasteiger partial charge in [-0.15, -0.1) is 0 Å². The summed E-state index contributed by atoms with van der Waals surface area (Å²) in [6.45, 7) is 7.72. The average Bonchev–Trinajstić information content (AvgIpc) is 3.01. The zero-order valence-corrected chi connectivity index (χ0v) is 14.0. The Hall–Kier alpha value is -0.640. The van der Waals surface area contributed by atoms with Crippen LogP contribution >= 0.6 is 11.8 Å². The Balaban J connectivity index is 2.20. The summed E-state index contributed by atoms with van der Waals surface area (Å²) in [7, 11) is 0. The molecule has 0 atom stereocenters. The number of anilines is 1. The second kappa shape index (κ2) is 7.39. The summed E-state index contributed by atoms with van der Waals surface area (Å²) < 4.78 is 2.31. The van der Waals surface area contributed by atoms with Gasteiger partial charge in [0.1, 0.15) is 11.6 Å². The number of rotatable bonds is 7. The minimum atomic E-state index is 0.615. The summed E-state index contributed by atoms with van der Waals surface area (Å²) in [4.78, 5) is 4.94. The first-order valence-electron chi connectivity index (χ1n) is 8.06. The molecule has 1 heterocycles. The SMILES string of the molecule is CCSCCc1nc(C2CCCC2)n(CC(C)C)c1N. The predicted molar refractivity (Wildman–Crippen MR) is 89.4 cm³/mol. The maximum atomic E-state index is 6.39. The van der Waals surface area contributed by atoms with Crippen LogP contribution in [0.1, 0.15) is 63.9 Å². The highest BCUT2D eigenvalue weighted by molar-refractivity contribution is 7.99. The lowest BCUT2D eigenvalue weighted by molar-refractivity contribution is 0.492. The highest BCUT2D eigenvalue weighted by Gasteiger charge is 2.25. The highest BCUT2D eigenvalue weighted by atomic mass is 32.2. The number of nitrogens with zero attached hydrogens (tertiary/aromatic N) is 2. The van der Waals surface area contributed by atoms with Crippen molar-refractivity contribution in [1.82, 2.24) is 9.55 Å². The van der Waals surface area contributed by atoms with Gasteiger partial charge in [0.15, 0.2) is 0 Å². The van der Waals surface area contributed by atoms with E-state index in [1.165, 1.54) is 37.3 Å². The van der Waals surface area contributed by atoms with Gasteiger partial charge in [0, 0.05) is 18.9 Å². The predicted octanol–water partition coefficient (Wildman–Crippen LogP) is 4.07. The van der Waals surface area contributed by atoms with Crippen LogP contribution in [0.4, 0.5) is 5.82 Å². The molecule has 114 valence electrons. The van der Waals surface area contributed by atoms with Gasteiger partial charge in [-0.05, 0) is 30.3 Å². The highest BCUT2D eigenvalue weighted by Crippen LogP contribution is 2.35. The maximum absolute atomic E-state index is 6.39. The van der Waals surface area contributed by atoms with Crippen molar-refractivity contribution < 1.29 is 0 Å². The van der Waals surface area contributed by atoms with Gasteiger partial charge >= 0.3 is 0 Å². The van der Waals surface area contributed by atoms with Crippen molar-refractivity contribution in [2.24, 2.45) is 5.92 Å². The largest absolute Gasteiger partial charge is 0.384 e. The molecule has 0 aliphatic heterocycles. The maximum Gasteiger partial charge on any atom is 0.126 e. The number of aromatic nitrogens is 2. The summed E-state index contributed by atoms with van der Waals surface area (Å²) in [6.07, 6.45) is 6.28. The minimum absolute atomic E-state index is 0.615. The van der Waals surface area contributed by atoms with Gasteiger partial charge in [0.05, 0.1) is 5.69 Å². The second-order valence-corrected chi connectivity index (χ2v) is 7.63. The molecule has 0 amide bonds. The molecule has 2 N–H and O–H groups in total. The van der Waals surface area contributed by atoms with E-state index in [4.69, 9.17) is 10.7 Å². The fourth-order valence-corrected chi connectivity index (χ4v) is 3.71. The van der Waals surface area contributed by atoms with Gasteiger partial charge in [-0.1, -0.05) is 33.6 Å². The summed E-state index contributed by atoms with van der Waals surface area (Å²) in [5.41, 5.74) is 7.53. The molecule has 0 radical (unpaired) electrons. The van der Waals surface area contributed by atoms with Crippen molar-refractivity contribution in [1.29, 1.82) is 0 Å². The smallest absolute Gasteiger partial charge is 0.126 e. The van der Waals surface area contributed by atoms with E-state index >= 15 is 0 Å². The van der Waals surface area contributed by atoms with Crippen LogP contribution in [0.25, 0.3) is 0 Å². The molecule has 1 fully saturated rings. The van der Waals surface area contributed by atoms with Crippen molar-refractivity contribution in [2.75, 3.05) is 17.2 Å². The third kappa shape index (κ3) is 3.72. The third-order valence-corrected chi connectivity index (χ3v) is 4.97. The monoisotopic (exact) mass is 295 g/mol. The molecule has 1 saturated carbocycles. The first-order chi connectivity index (χ1) is 9.63. The van der Waals surface area contributed by atoms with Crippen LogP contribution in [0.2, 0.25) is 0 Å². The number of nitrogens with two attached hydrogens (primary N) is 1. The van der Waals surface area contributed by atoms with E-state index in [0.717, 1.165) is 30.2 Å². The van der Waals surface area contributed by atoms with Crippen LogP contribution in [0.15, 0.2) is 0 Å². The van der Waals surface area contributed by atoms with Crippen LogP contribution in [0.3, 0.4) is 0 Å². The molecule has 0 bridgehead atoms. The van der Waals surface area contributed by atoms with E-state index in [2.05, 4.69) is 25.3 Å². The third-order valence-electron chi connectivity index (χ3n) is 4.07. The van der Waals surface area contributed by atoms with Crippen molar-refractivity contribution in [2.45, 2.75) is 65.3 Å². The first-order valence-corrected chi connectivity index (χ1v) is 9.21. The molecule has 0 unspecified atom stereocenters. The molecule has 0 aromatic carbocycles. The Bertz CT molecular complexity index is 420. The van der Waals surface area contributed by atoms with Crippen LogP contribution in [0, 0.1) is 5.92 Å². The summed E-state index contributed by atoms with van der Waals surface area (Å²) in [6, 6.07) is 0. The van der Waals surface area contributed by atoms with Crippen LogP contribution < -0.4 is 5.73 Å². The van der Waals surface area contributed by atoms with E-state index in [1.54, 1.807) is 0 Å². The zero-order chi connectivity index (χ0) is 14.5. The number of hydrogen-bond donors (Lipinski definition) is 1. The number of aryl methyl sites for hydroxylation is 1. The molecule has 1 aliphatic carbocycles. The number of imidazole rings is 1. The molecule has 1 aromatic rings. The van der Waals surface area contributed by atoms with Crippen LogP contribution in [-0.2, 0) is 13.0 Å². The molecule has 1 aromatic heterocycles. The van der Waals surface area contributed by atoms with E-state index in [1.807, 2.05) is 11.8 Å². The molecular formula is C16H29N3S. The zero-order valence-electron chi connectivity index (χ0n) is 13.2. The van der Waals surface area contributed by atoms with Crippen molar-refractivity contribution in [3.63, 3.8) is 0 Å². The number of nitrogen functional groups attached to an aromatic ring is 1. The molecule has 0 spiro atoms. The van der Waals surface area contributed by atoms with Gasteiger partial charge in [0.25, 0.3) is 0 Å². The lowest BCUT2D eigenvalue weighted by atomic mass is 10.1. The number of hydrogen-bond acceptors (Lipinski definition) is 3. The summed E-state index contributed by atoms with van der Waals surface area (Å²) in [5.74, 6) is 5.75. The second-order valence-electron chi connectivity index (χ2n) is 6.23. The molecule has 20 heavy (non-hydrogen) atoms. The van der Waals surface area contributed by atoms with E-state index in [9.17, 15) is 0 Å². The fraction of sp³-hybridized carbons (Fsp3) is 0.812. The van der Waals surface area contributed by atoms with Gasteiger partial charge in [-0.25, -0.2) is 4.98 Å². The number of thioether (sulfide) groups is 1. The van der Waals surface area contributed by atoms with Gasteiger partial charge in [-0.2, -0.15) is 11.8 Å². The normalized spacial score (nSPS) is 16.4. The summed E-state index contributed by atoms with van der Waals surface area (Å²) in [5, 5.41) is 0. The van der Waals surface area contributed by atoms with Gasteiger partial charge in [0.2, 0.25) is 0 Å². The quantitative estimate of drug-likeness (QED) is 0.771. The molecular weight excluding hydrogens is 266 g/mol. The summed E-state index contributed by atoms with van der Waals surface area (Å²) >= 11 is 1.97. The lowest BCUT2D eigenvalue weighted by Gasteiger charge is -2.15. The van der Waals surface area contributed by atoms with Crippen molar-refractivity contribution in [3.8, 4) is 0 Å². The molecule has 3 nitrogen and oxygen atoms in total. The lowest BCUT2D eigenvalue weighted by Crippen LogP contribution is -2.13. The molecule has 2 rings (SSSR count). The average molecular weight is 295 g/mol.